The average molecular weight is 301 g/mol. The maximum absolute atomic E-state index is 12.2. The van der Waals surface area contributed by atoms with E-state index in [2.05, 4.69) is 39.9 Å². The van der Waals surface area contributed by atoms with Crippen LogP contribution in [0.4, 0.5) is 0 Å². The van der Waals surface area contributed by atoms with E-state index in [-0.39, 0.29) is 5.91 Å². The van der Waals surface area contributed by atoms with Gasteiger partial charge in [0.25, 0.3) is 5.91 Å². The van der Waals surface area contributed by atoms with Crippen LogP contribution in [0.15, 0.2) is 18.7 Å². The van der Waals surface area contributed by atoms with Crippen molar-refractivity contribution >= 4 is 5.91 Å². The quantitative estimate of drug-likeness (QED) is 0.942. The van der Waals surface area contributed by atoms with Crippen LogP contribution in [0.3, 0.4) is 0 Å². The lowest BCUT2D eigenvalue weighted by molar-refractivity contribution is 0.0944. The van der Waals surface area contributed by atoms with Gasteiger partial charge in [-0.1, -0.05) is 0 Å². The second kappa shape index (κ2) is 5.94. The summed E-state index contributed by atoms with van der Waals surface area (Å²) in [6, 6.07) is 0.308. The molecule has 0 saturated carbocycles. The van der Waals surface area contributed by atoms with Gasteiger partial charge in [-0.05, 0) is 33.6 Å². The molecule has 0 aliphatic carbocycles. The molecule has 1 aliphatic rings. The topological polar surface area (TPSA) is 64.7 Å². The predicted octanol–water partition coefficient (Wildman–Crippen LogP) is 2.28. The van der Waals surface area contributed by atoms with E-state index in [0.29, 0.717) is 24.2 Å². The molecule has 6 nitrogen and oxygen atoms in total. The highest BCUT2D eigenvalue weighted by Gasteiger charge is 2.23. The Kier molecular flexibility index (Phi) is 4.00. The Bertz CT molecular complexity index is 670. The summed E-state index contributed by atoms with van der Waals surface area (Å²) in [4.78, 5) is 21.0. The van der Waals surface area contributed by atoms with Gasteiger partial charge in [0.15, 0.2) is 0 Å². The lowest BCUT2D eigenvalue weighted by Crippen LogP contribution is -2.31. The Hall–Kier alpha value is -2.11. The van der Waals surface area contributed by atoms with E-state index in [0.717, 1.165) is 30.9 Å². The van der Waals surface area contributed by atoms with E-state index in [1.807, 2.05) is 11.5 Å². The number of aryl methyl sites for hydroxylation is 2. The number of nitrogens with zero attached hydrogens (tertiary/aromatic N) is 4. The summed E-state index contributed by atoms with van der Waals surface area (Å²) >= 11 is 0. The molecule has 2 aromatic heterocycles. The van der Waals surface area contributed by atoms with Gasteiger partial charge in [-0.25, -0.2) is 9.97 Å². The Morgan fingerprint density at radius 3 is 3.00 bits per heavy atom. The van der Waals surface area contributed by atoms with Crippen molar-refractivity contribution in [3.8, 4) is 0 Å². The van der Waals surface area contributed by atoms with Gasteiger partial charge in [0, 0.05) is 37.4 Å². The van der Waals surface area contributed by atoms with Crippen LogP contribution in [0, 0.1) is 6.92 Å². The molecule has 3 rings (SSSR count). The lowest BCUT2D eigenvalue weighted by atomic mass is 9.99. The van der Waals surface area contributed by atoms with Crippen LogP contribution in [0.25, 0.3) is 0 Å². The van der Waals surface area contributed by atoms with Gasteiger partial charge in [-0.3, -0.25) is 4.79 Å². The van der Waals surface area contributed by atoms with E-state index in [1.165, 1.54) is 0 Å². The minimum Gasteiger partial charge on any atom is -0.350 e. The number of hydrogen-bond donors (Lipinski definition) is 1. The number of imidazole rings is 2. The zero-order chi connectivity index (χ0) is 15.7. The molecule has 0 saturated heterocycles. The maximum Gasteiger partial charge on any atom is 0.271 e. The fraction of sp³-hybridized carbons (Fsp3) is 0.562. The second-order valence-corrected chi connectivity index (χ2v) is 6.28. The zero-order valence-electron chi connectivity index (χ0n) is 13.4. The van der Waals surface area contributed by atoms with Crippen molar-refractivity contribution in [3.63, 3.8) is 0 Å². The van der Waals surface area contributed by atoms with Crippen LogP contribution < -0.4 is 5.32 Å². The van der Waals surface area contributed by atoms with Crippen LogP contribution in [-0.4, -0.2) is 31.6 Å². The molecule has 0 aromatic carbocycles. The fourth-order valence-electron chi connectivity index (χ4n) is 2.94. The third-order valence-electron chi connectivity index (χ3n) is 4.18. The van der Waals surface area contributed by atoms with Crippen molar-refractivity contribution in [3.05, 3.63) is 35.9 Å². The van der Waals surface area contributed by atoms with Gasteiger partial charge in [-0.2, -0.15) is 0 Å². The molecule has 2 aromatic rings. The third-order valence-corrected chi connectivity index (χ3v) is 4.18. The van der Waals surface area contributed by atoms with Gasteiger partial charge in [-0.15, -0.1) is 0 Å². The highest BCUT2D eigenvalue weighted by atomic mass is 16.1. The van der Waals surface area contributed by atoms with Gasteiger partial charge < -0.3 is 14.5 Å². The van der Waals surface area contributed by atoms with Gasteiger partial charge >= 0.3 is 0 Å². The molecular formula is C16H23N5O. The van der Waals surface area contributed by atoms with E-state index >= 15 is 0 Å². The summed E-state index contributed by atoms with van der Waals surface area (Å²) in [5, 5.41) is 3.00. The summed E-state index contributed by atoms with van der Waals surface area (Å²) in [6.45, 7) is 7.78. The Labute approximate surface area is 130 Å². The number of nitrogens with one attached hydrogen (secondary N) is 1. The third kappa shape index (κ3) is 2.91. The van der Waals surface area contributed by atoms with Crippen LogP contribution in [-0.2, 0) is 6.54 Å². The summed E-state index contributed by atoms with van der Waals surface area (Å²) < 4.78 is 4.15. The Balaban J connectivity index is 1.64. The number of carbonyl (C=O) groups excluding carboxylic acids is 1. The second-order valence-electron chi connectivity index (χ2n) is 6.28. The van der Waals surface area contributed by atoms with E-state index in [9.17, 15) is 4.79 Å². The Morgan fingerprint density at radius 2 is 2.27 bits per heavy atom. The first-order valence-electron chi connectivity index (χ1n) is 7.90. The smallest absolute Gasteiger partial charge is 0.271 e. The monoisotopic (exact) mass is 301 g/mol. The zero-order valence-corrected chi connectivity index (χ0v) is 13.4. The molecule has 118 valence electrons. The number of fused-ring (bicyclic) bond motifs is 1. The SMILES string of the molecule is Cc1cn2c(n1)[C@@H](CNC(=O)c1cn(C(C)C)cn1)CCC2. The molecule has 0 radical (unpaired) electrons. The molecule has 1 amide bonds. The van der Waals surface area contributed by atoms with Crippen molar-refractivity contribution in [2.45, 2.75) is 52.1 Å². The molecular weight excluding hydrogens is 278 g/mol. The average Bonchev–Trinajstić information content (AvgIpc) is 3.10. The van der Waals surface area contributed by atoms with Crippen LogP contribution >= 0.6 is 0 Å². The summed E-state index contributed by atoms with van der Waals surface area (Å²) in [7, 11) is 0. The van der Waals surface area contributed by atoms with Crippen molar-refractivity contribution in [1.29, 1.82) is 0 Å². The number of hydrogen-bond acceptors (Lipinski definition) is 3. The minimum atomic E-state index is -0.111. The molecule has 0 unspecified atom stereocenters. The van der Waals surface area contributed by atoms with Crippen molar-refractivity contribution in [1.82, 2.24) is 24.4 Å². The molecule has 0 spiro atoms. The Morgan fingerprint density at radius 1 is 1.45 bits per heavy atom. The van der Waals surface area contributed by atoms with E-state index < -0.39 is 0 Å². The van der Waals surface area contributed by atoms with Gasteiger partial charge in [0.1, 0.15) is 11.5 Å². The molecule has 0 fully saturated rings. The minimum absolute atomic E-state index is 0.111. The van der Waals surface area contributed by atoms with Gasteiger partial charge in [0.05, 0.1) is 12.0 Å². The summed E-state index contributed by atoms with van der Waals surface area (Å²) in [6.07, 6.45) is 7.79. The van der Waals surface area contributed by atoms with Crippen LogP contribution in [0.1, 0.15) is 60.7 Å². The maximum atomic E-state index is 12.2. The highest BCUT2D eigenvalue weighted by Crippen LogP contribution is 2.26. The first-order valence-corrected chi connectivity index (χ1v) is 7.90. The largest absolute Gasteiger partial charge is 0.350 e. The number of amides is 1. The lowest BCUT2D eigenvalue weighted by Gasteiger charge is -2.23. The van der Waals surface area contributed by atoms with Gasteiger partial charge in [0.2, 0.25) is 0 Å². The fourth-order valence-corrected chi connectivity index (χ4v) is 2.94. The van der Waals surface area contributed by atoms with Crippen molar-refractivity contribution < 1.29 is 4.79 Å². The molecule has 22 heavy (non-hydrogen) atoms. The standard InChI is InChI=1S/C16H23N5O/c1-11(2)21-9-14(18-10-21)16(22)17-7-13-5-4-6-20-8-12(3)19-15(13)20/h8-11,13H,4-7H2,1-3H3,(H,17,22)/t13-/m1/s1. The van der Waals surface area contributed by atoms with Crippen LogP contribution in [0.5, 0.6) is 0 Å². The normalized spacial score (nSPS) is 17.5. The van der Waals surface area contributed by atoms with E-state index in [1.54, 1.807) is 12.5 Å². The van der Waals surface area contributed by atoms with Crippen molar-refractivity contribution in [2.75, 3.05) is 6.54 Å². The van der Waals surface area contributed by atoms with Crippen molar-refractivity contribution in [2.24, 2.45) is 0 Å². The molecule has 1 atom stereocenters. The highest BCUT2D eigenvalue weighted by molar-refractivity contribution is 5.92. The molecule has 3 heterocycles. The first-order chi connectivity index (χ1) is 10.5. The number of rotatable bonds is 4. The molecule has 1 N–H and O–H groups in total. The summed E-state index contributed by atoms with van der Waals surface area (Å²) in [5.74, 6) is 1.27. The first kappa shape index (κ1) is 14.8. The number of aromatic nitrogens is 4. The molecule has 6 heteroatoms. The molecule has 1 aliphatic heterocycles. The molecule has 0 bridgehead atoms. The number of carbonyl (C=O) groups is 1. The summed E-state index contributed by atoms with van der Waals surface area (Å²) in [5.41, 5.74) is 1.52. The van der Waals surface area contributed by atoms with E-state index in [4.69, 9.17) is 0 Å². The predicted molar refractivity (Wildman–Crippen MR) is 83.9 cm³/mol. The van der Waals surface area contributed by atoms with Crippen LogP contribution in [0.2, 0.25) is 0 Å².